The third kappa shape index (κ3) is 9.06. The summed E-state index contributed by atoms with van der Waals surface area (Å²) in [5, 5.41) is 21.7. The number of nitrogens with zero attached hydrogens (tertiary/aromatic N) is 3. The number of benzene rings is 1. The number of aryl methyl sites for hydroxylation is 1. The Morgan fingerprint density at radius 1 is 1.21 bits per heavy atom. The van der Waals surface area contributed by atoms with E-state index in [0.717, 1.165) is 12.2 Å². The molecule has 0 saturated heterocycles. The molecule has 29 heavy (non-hydrogen) atoms. The number of hydrogen-bond acceptors (Lipinski definition) is 5. The summed E-state index contributed by atoms with van der Waals surface area (Å²) in [4.78, 5) is 8.79. The molecule has 0 saturated carbocycles. The minimum Gasteiger partial charge on any atom is -0.386 e. The summed E-state index contributed by atoms with van der Waals surface area (Å²) in [6.45, 7) is 7.63. The van der Waals surface area contributed by atoms with Gasteiger partial charge in [-0.25, -0.2) is 0 Å². The maximum absolute atomic E-state index is 10.3. The molecule has 3 N–H and O–H groups in total. The first-order valence-electron chi connectivity index (χ1n) is 9.37. The molecule has 162 valence electrons. The highest BCUT2D eigenvalue weighted by Crippen LogP contribution is 2.23. The van der Waals surface area contributed by atoms with Crippen molar-refractivity contribution in [1.82, 2.24) is 20.8 Å². The van der Waals surface area contributed by atoms with Gasteiger partial charge in [0.25, 0.3) is 0 Å². The van der Waals surface area contributed by atoms with Gasteiger partial charge in [-0.05, 0) is 37.1 Å². The number of nitrogens with one attached hydrogen (secondary N) is 2. The Bertz CT molecular complexity index is 765. The first kappa shape index (κ1) is 25.9. The van der Waals surface area contributed by atoms with E-state index in [0.29, 0.717) is 47.0 Å². The largest absolute Gasteiger partial charge is 0.386 e. The lowest BCUT2D eigenvalue weighted by Crippen LogP contribution is -2.38. The summed E-state index contributed by atoms with van der Waals surface area (Å²) in [5.74, 6) is 2.25. The maximum atomic E-state index is 10.3. The minimum absolute atomic E-state index is 0. The number of aromatic nitrogens is 2. The van der Waals surface area contributed by atoms with Gasteiger partial charge in [0.2, 0.25) is 5.89 Å². The number of rotatable bonds is 9. The zero-order valence-electron chi connectivity index (χ0n) is 16.8. The van der Waals surface area contributed by atoms with Crippen LogP contribution in [0.25, 0.3) is 0 Å². The van der Waals surface area contributed by atoms with Crippen molar-refractivity contribution >= 4 is 53.1 Å². The normalized spacial score (nSPS) is 12.6. The molecule has 0 radical (unpaired) electrons. The summed E-state index contributed by atoms with van der Waals surface area (Å²) < 4.78 is 5.24. The highest BCUT2D eigenvalue weighted by molar-refractivity contribution is 14.0. The van der Waals surface area contributed by atoms with Crippen LogP contribution in [0.4, 0.5) is 0 Å². The average Bonchev–Trinajstić information content (AvgIpc) is 3.11. The summed E-state index contributed by atoms with van der Waals surface area (Å²) in [6.07, 6.45) is 0.714. The monoisotopic (exact) mass is 555 g/mol. The number of aliphatic imine (C=N–C) groups is 1. The average molecular weight is 556 g/mol. The second kappa shape index (κ2) is 13.3. The highest BCUT2D eigenvalue weighted by Gasteiger charge is 2.11. The Balaban J connectivity index is 0.00000420. The molecule has 1 unspecified atom stereocenters. The topological polar surface area (TPSA) is 95.6 Å². The van der Waals surface area contributed by atoms with Gasteiger partial charge < -0.3 is 20.3 Å². The van der Waals surface area contributed by atoms with Crippen LogP contribution in [0.2, 0.25) is 10.0 Å². The van der Waals surface area contributed by atoms with Crippen LogP contribution < -0.4 is 10.6 Å². The van der Waals surface area contributed by atoms with Crippen LogP contribution in [0.15, 0.2) is 27.7 Å². The minimum atomic E-state index is -0.792. The Labute approximate surface area is 198 Å². The molecule has 0 fully saturated rings. The number of aliphatic hydroxyl groups is 1. The van der Waals surface area contributed by atoms with Crippen LogP contribution in [0.3, 0.4) is 0 Å². The predicted molar refractivity (Wildman–Crippen MR) is 128 cm³/mol. The molecule has 0 aliphatic heterocycles. The van der Waals surface area contributed by atoms with Crippen molar-refractivity contribution in [1.29, 1.82) is 0 Å². The molecule has 0 spiro atoms. The third-order valence-electron chi connectivity index (χ3n) is 3.90. The molecule has 7 nitrogen and oxygen atoms in total. The number of guanidine groups is 1. The van der Waals surface area contributed by atoms with Crippen LogP contribution in [0, 0.1) is 0 Å². The molecule has 1 atom stereocenters. The van der Waals surface area contributed by atoms with Crippen molar-refractivity contribution in [2.75, 3.05) is 19.6 Å². The van der Waals surface area contributed by atoms with Gasteiger partial charge in [-0.3, -0.25) is 4.99 Å². The summed E-state index contributed by atoms with van der Waals surface area (Å²) >= 11 is 12.0. The van der Waals surface area contributed by atoms with Crippen LogP contribution >= 0.6 is 47.2 Å². The number of halogens is 3. The van der Waals surface area contributed by atoms with Crippen LogP contribution in [-0.4, -0.2) is 40.8 Å². The fourth-order valence-corrected chi connectivity index (χ4v) is 2.99. The van der Waals surface area contributed by atoms with Crippen molar-refractivity contribution in [3.05, 3.63) is 45.5 Å². The van der Waals surface area contributed by atoms with E-state index in [1.807, 2.05) is 20.8 Å². The zero-order valence-corrected chi connectivity index (χ0v) is 20.6. The first-order chi connectivity index (χ1) is 13.4. The van der Waals surface area contributed by atoms with Crippen molar-refractivity contribution in [2.24, 2.45) is 4.99 Å². The molecule has 2 rings (SSSR count). The van der Waals surface area contributed by atoms with Gasteiger partial charge in [0, 0.05) is 35.5 Å². The maximum Gasteiger partial charge on any atom is 0.226 e. The van der Waals surface area contributed by atoms with Gasteiger partial charge in [-0.15, -0.1) is 24.0 Å². The first-order valence-corrected chi connectivity index (χ1v) is 10.1. The summed E-state index contributed by atoms with van der Waals surface area (Å²) in [5.41, 5.74) is 0.634. The molecular formula is C19H28Cl2IN5O2. The third-order valence-corrected chi connectivity index (χ3v) is 4.33. The molecule has 0 bridgehead atoms. The lowest BCUT2D eigenvalue weighted by molar-refractivity contribution is 0.187. The number of hydrogen-bond donors (Lipinski definition) is 3. The van der Waals surface area contributed by atoms with Gasteiger partial charge in [0.1, 0.15) is 0 Å². The molecule has 1 aromatic carbocycles. The van der Waals surface area contributed by atoms with Crippen LogP contribution in [0.5, 0.6) is 0 Å². The smallest absolute Gasteiger partial charge is 0.226 e. The molecule has 1 aromatic heterocycles. The van der Waals surface area contributed by atoms with Crippen molar-refractivity contribution in [3.8, 4) is 0 Å². The molecule has 2 aromatic rings. The van der Waals surface area contributed by atoms with Gasteiger partial charge in [-0.2, -0.15) is 4.98 Å². The Hall–Kier alpha value is -1.10. The summed E-state index contributed by atoms with van der Waals surface area (Å²) in [7, 11) is 0. The van der Waals surface area contributed by atoms with E-state index in [-0.39, 0.29) is 36.4 Å². The van der Waals surface area contributed by atoms with E-state index >= 15 is 0 Å². The van der Waals surface area contributed by atoms with Gasteiger partial charge in [0.15, 0.2) is 11.8 Å². The highest BCUT2D eigenvalue weighted by atomic mass is 127. The Morgan fingerprint density at radius 2 is 1.90 bits per heavy atom. The van der Waals surface area contributed by atoms with Crippen molar-refractivity contribution in [3.63, 3.8) is 0 Å². The van der Waals surface area contributed by atoms with Gasteiger partial charge in [-0.1, -0.05) is 42.2 Å². The lowest BCUT2D eigenvalue weighted by atomic mass is 10.1. The van der Waals surface area contributed by atoms with E-state index in [2.05, 4.69) is 25.8 Å². The SMILES string of the molecule is CCNC(=NCC(O)c1cc(Cl)cc(Cl)c1)NCCCc1nc(C(C)C)no1.I. The molecule has 1 heterocycles. The Morgan fingerprint density at radius 3 is 2.48 bits per heavy atom. The van der Waals surface area contributed by atoms with E-state index in [4.69, 9.17) is 27.7 Å². The quantitative estimate of drug-likeness (QED) is 0.184. The fourth-order valence-electron chi connectivity index (χ4n) is 2.44. The molecule has 10 heteroatoms. The summed E-state index contributed by atoms with van der Waals surface area (Å²) in [6, 6.07) is 5.00. The van der Waals surface area contributed by atoms with E-state index in [1.54, 1.807) is 18.2 Å². The van der Waals surface area contributed by atoms with Crippen molar-refractivity contribution in [2.45, 2.75) is 45.6 Å². The zero-order chi connectivity index (χ0) is 20.5. The standard InChI is InChI=1S/C19H27Cl2N5O2.HI/c1-4-22-19(23-7-5-6-17-25-18(12(2)3)26-28-17)24-11-16(27)13-8-14(20)10-15(21)9-13;/h8-10,12,16,27H,4-7,11H2,1-3H3,(H2,22,23,24);1H. The fraction of sp³-hybridized carbons (Fsp3) is 0.526. The van der Waals surface area contributed by atoms with Gasteiger partial charge >= 0.3 is 0 Å². The predicted octanol–water partition coefficient (Wildman–Crippen LogP) is 4.34. The van der Waals surface area contributed by atoms with E-state index < -0.39 is 6.10 Å². The van der Waals surface area contributed by atoms with Gasteiger partial charge in [0.05, 0.1) is 12.6 Å². The molecule has 0 aliphatic rings. The van der Waals surface area contributed by atoms with E-state index in [1.165, 1.54) is 0 Å². The molecule has 0 amide bonds. The van der Waals surface area contributed by atoms with Crippen LogP contribution in [-0.2, 0) is 6.42 Å². The second-order valence-electron chi connectivity index (χ2n) is 6.67. The number of aliphatic hydroxyl groups excluding tert-OH is 1. The van der Waals surface area contributed by atoms with Crippen LogP contribution in [0.1, 0.15) is 56.5 Å². The molecular weight excluding hydrogens is 528 g/mol. The molecule has 0 aliphatic carbocycles. The van der Waals surface area contributed by atoms with E-state index in [9.17, 15) is 5.11 Å². The second-order valence-corrected chi connectivity index (χ2v) is 7.54. The Kier molecular flexibility index (Phi) is 11.9. The van der Waals surface area contributed by atoms with Crippen molar-refractivity contribution < 1.29 is 9.63 Å². The lowest BCUT2D eigenvalue weighted by Gasteiger charge is -2.13.